The van der Waals surface area contributed by atoms with Gasteiger partial charge in [-0.15, -0.1) is 0 Å². The summed E-state index contributed by atoms with van der Waals surface area (Å²) in [7, 11) is 1.67. The molecule has 0 saturated carbocycles. The number of aromatic nitrogens is 1. The highest BCUT2D eigenvalue weighted by Gasteiger charge is 2.35. The number of rotatable bonds is 3. The molecule has 0 bridgehead atoms. The molecule has 2 heterocycles. The number of nitrogens with one attached hydrogen (secondary N) is 1. The Morgan fingerprint density at radius 3 is 2.48 bits per heavy atom. The first-order valence-corrected chi connectivity index (χ1v) is 8.73. The summed E-state index contributed by atoms with van der Waals surface area (Å²) in [6.07, 6.45) is 0. The Morgan fingerprint density at radius 2 is 1.78 bits per heavy atom. The molecule has 1 saturated heterocycles. The molecule has 0 aliphatic carbocycles. The summed E-state index contributed by atoms with van der Waals surface area (Å²) in [5, 5.41) is 13.3. The molecule has 0 spiro atoms. The summed E-state index contributed by atoms with van der Waals surface area (Å²) < 4.78 is 1.50. The minimum atomic E-state index is -0.316. The van der Waals surface area contributed by atoms with E-state index in [9.17, 15) is 14.9 Å². The molecule has 1 amide bonds. The van der Waals surface area contributed by atoms with Crippen molar-refractivity contribution >= 4 is 28.2 Å². The zero-order valence-corrected chi connectivity index (χ0v) is 14.8. The molecule has 3 aromatic rings. The molecule has 134 valence electrons. The minimum Gasteiger partial charge on any atom is -0.368 e. The molecule has 4 rings (SSSR count). The van der Waals surface area contributed by atoms with Gasteiger partial charge in [0.25, 0.3) is 5.56 Å². The fourth-order valence-corrected chi connectivity index (χ4v) is 3.50. The average molecular weight is 358 g/mol. The number of carbonyl (C=O) groups excluding carboxylic acids is 1. The van der Waals surface area contributed by atoms with Gasteiger partial charge >= 0.3 is 0 Å². The highest BCUT2D eigenvalue weighted by Crippen LogP contribution is 2.33. The van der Waals surface area contributed by atoms with Crippen LogP contribution in [0.1, 0.15) is 5.56 Å². The Hall–Kier alpha value is -3.59. The van der Waals surface area contributed by atoms with E-state index in [0.29, 0.717) is 18.8 Å². The van der Waals surface area contributed by atoms with E-state index in [1.807, 2.05) is 59.5 Å². The maximum absolute atomic E-state index is 12.6. The number of aryl methyl sites for hydroxylation is 1. The molecule has 6 heteroatoms. The number of fused-ring (bicyclic) bond motifs is 1. The third-order valence-corrected chi connectivity index (χ3v) is 5.00. The Bertz CT molecular complexity index is 1120. The van der Waals surface area contributed by atoms with Crippen LogP contribution in [0.3, 0.4) is 0 Å². The van der Waals surface area contributed by atoms with E-state index < -0.39 is 0 Å². The molecule has 1 aliphatic rings. The van der Waals surface area contributed by atoms with Gasteiger partial charge in [0, 0.05) is 31.2 Å². The number of amides is 1. The maximum Gasteiger partial charge on any atom is 0.270 e. The summed E-state index contributed by atoms with van der Waals surface area (Å²) in [6, 6.07) is 18.9. The van der Waals surface area contributed by atoms with Crippen molar-refractivity contribution in [2.75, 3.05) is 23.3 Å². The topological polar surface area (TPSA) is 78.1 Å². The third kappa shape index (κ3) is 2.83. The van der Waals surface area contributed by atoms with Gasteiger partial charge in [-0.25, -0.2) is 0 Å². The second-order valence-electron chi connectivity index (χ2n) is 6.67. The van der Waals surface area contributed by atoms with E-state index in [-0.39, 0.29) is 22.9 Å². The van der Waals surface area contributed by atoms with Crippen molar-refractivity contribution in [2.45, 2.75) is 0 Å². The van der Waals surface area contributed by atoms with Gasteiger partial charge in [0.2, 0.25) is 5.91 Å². The maximum atomic E-state index is 12.6. The van der Waals surface area contributed by atoms with Crippen LogP contribution in [0.5, 0.6) is 0 Å². The zero-order chi connectivity index (χ0) is 19.0. The van der Waals surface area contributed by atoms with Crippen LogP contribution in [-0.4, -0.2) is 23.6 Å². The summed E-state index contributed by atoms with van der Waals surface area (Å²) in [4.78, 5) is 27.0. The first kappa shape index (κ1) is 16.9. The smallest absolute Gasteiger partial charge is 0.270 e. The van der Waals surface area contributed by atoms with Gasteiger partial charge in [-0.2, -0.15) is 5.26 Å². The van der Waals surface area contributed by atoms with Crippen molar-refractivity contribution in [1.29, 1.82) is 5.26 Å². The number of hydrogen-bond donors (Lipinski definition) is 1. The molecule has 27 heavy (non-hydrogen) atoms. The van der Waals surface area contributed by atoms with Gasteiger partial charge in [0.05, 0.1) is 17.1 Å². The Kier molecular flexibility index (Phi) is 4.13. The summed E-state index contributed by atoms with van der Waals surface area (Å²) in [6.45, 7) is 0.953. The van der Waals surface area contributed by atoms with E-state index in [2.05, 4.69) is 11.4 Å². The largest absolute Gasteiger partial charge is 0.368 e. The number of hydrogen-bond acceptors (Lipinski definition) is 4. The van der Waals surface area contributed by atoms with Gasteiger partial charge in [-0.05, 0) is 18.2 Å². The Balaban J connectivity index is 1.62. The summed E-state index contributed by atoms with van der Waals surface area (Å²) in [5.74, 6) is -0.233. The van der Waals surface area contributed by atoms with Crippen LogP contribution in [0.15, 0.2) is 59.4 Å². The lowest BCUT2D eigenvalue weighted by molar-refractivity contribution is -0.120. The quantitative estimate of drug-likeness (QED) is 0.780. The molecular formula is C21H18N4O2. The average Bonchev–Trinajstić information content (AvgIpc) is 2.65. The highest BCUT2D eigenvalue weighted by molar-refractivity contribution is 5.98. The van der Waals surface area contributed by atoms with Crippen LogP contribution in [0.4, 0.5) is 11.4 Å². The van der Waals surface area contributed by atoms with Crippen LogP contribution in [-0.2, 0) is 11.8 Å². The molecule has 1 aliphatic heterocycles. The third-order valence-electron chi connectivity index (χ3n) is 5.00. The van der Waals surface area contributed by atoms with Crippen LogP contribution < -0.4 is 15.8 Å². The van der Waals surface area contributed by atoms with Gasteiger partial charge in [0.1, 0.15) is 11.6 Å². The second-order valence-corrected chi connectivity index (χ2v) is 6.67. The van der Waals surface area contributed by atoms with E-state index >= 15 is 0 Å². The molecular weight excluding hydrogens is 340 g/mol. The monoisotopic (exact) mass is 358 g/mol. The van der Waals surface area contributed by atoms with E-state index in [1.165, 1.54) is 4.57 Å². The number of nitriles is 1. The van der Waals surface area contributed by atoms with Gasteiger partial charge in [0.15, 0.2) is 0 Å². The first-order valence-electron chi connectivity index (χ1n) is 8.73. The molecule has 0 radical (unpaired) electrons. The van der Waals surface area contributed by atoms with Crippen molar-refractivity contribution in [3.8, 4) is 6.07 Å². The molecule has 0 atom stereocenters. The van der Waals surface area contributed by atoms with E-state index in [0.717, 1.165) is 16.6 Å². The number of anilines is 2. The van der Waals surface area contributed by atoms with Crippen molar-refractivity contribution in [3.63, 3.8) is 0 Å². The molecule has 1 N–H and O–H groups in total. The number of benzene rings is 2. The van der Waals surface area contributed by atoms with E-state index in [4.69, 9.17) is 0 Å². The summed E-state index contributed by atoms with van der Waals surface area (Å²) >= 11 is 0. The lowest BCUT2D eigenvalue weighted by Crippen LogP contribution is -2.53. The number of pyridine rings is 1. The van der Waals surface area contributed by atoms with Crippen LogP contribution in [0.25, 0.3) is 10.9 Å². The molecule has 1 fully saturated rings. The zero-order valence-electron chi connectivity index (χ0n) is 14.8. The Labute approximate surface area is 156 Å². The molecule has 0 unspecified atom stereocenters. The van der Waals surface area contributed by atoms with Crippen LogP contribution in [0.2, 0.25) is 0 Å². The van der Waals surface area contributed by atoms with Crippen molar-refractivity contribution < 1.29 is 4.79 Å². The SMILES string of the molecule is Cn1c(=O)c(C#N)c(N2CC(C(=O)Nc3ccccc3)C2)c2ccccc21. The van der Waals surface area contributed by atoms with Crippen molar-refractivity contribution in [1.82, 2.24) is 4.57 Å². The Morgan fingerprint density at radius 1 is 1.11 bits per heavy atom. The van der Waals surface area contributed by atoms with Crippen molar-refractivity contribution in [3.05, 3.63) is 70.5 Å². The molecule has 6 nitrogen and oxygen atoms in total. The number of para-hydroxylation sites is 2. The molecule has 2 aromatic carbocycles. The second kappa shape index (κ2) is 6.61. The van der Waals surface area contributed by atoms with Crippen molar-refractivity contribution in [2.24, 2.45) is 13.0 Å². The fourth-order valence-electron chi connectivity index (χ4n) is 3.50. The predicted molar refractivity (Wildman–Crippen MR) is 105 cm³/mol. The lowest BCUT2D eigenvalue weighted by atomic mass is 9.95. The first-order chi connectivity index (χ1) is 13.1. The van der Waals surface area contributed by atoms with Gasteiger partial charge in [-0.1, -0.05) is 36.4 Å². The fraction of sp³-hybridized carbons (Fsp3) is 0.190. The standard InChI is InChI=1S/C21H18N4O2/c1-24-18-10-6-5-9-16(18)19(17(11-22)21(24)27)25-12-14(13-25)20(26)23-15-7-3-2-4-8-15/h2-10,14H,12-13H2,1H3,(H,23,26). The summed E-state index contributed by atoms with van der Waals surface area (Å²) in [5.41, 5.74) is 1.97. The molecule has 1 aromatic heterocycles. The van der Waals surface area contributed by atoms with E-state index in [1.54, 1.807) is 7.05 Å². The number of nitrogens with zero attached hydrogens (tertiary/aromatic N) is 3. The van der Waals surface area contributed by atoms with Gasteiger partial charge in [-0.3, -0.25) is 9.59 Å². The highest BCUT2D eigenvalue weighted by atomic mass is 16.2. The lowest BCUT2D eigenvalue weighted by Gasteiger charge is -2.41. The normalized spacial score (nSPS) is 13.9. The number of carbonyl (C=O) groups is 1. The minimum absolute atomic E-state index is 0.0518. The van der Waals surface area contributed by atoms with Crippen LogP contribution in [0, 0.1) is 17.2 Å². The van der Waals surface area contributed by atoms with Gasteiger partial charge < -0.3 is 14.8 Å². The predicted octanol–water partition coefficient (Wildman–Crippen LogP) is 2.49. The van der Waals surface area contributed by atoms with Crippen LogP contribution >= 0.6 is 0 Å².